The Balaban J connectivity index is 3.42. The molecule has 0 aromatic heterocycles. The minimum Gasteiger partial charge on any atom is -0.295 e. The van der Waals surface area contributed by atoms with Gasteiger partial charge in [-0.1, -0.05) is 6.07 Å². The summed E-state index contributed by atoms with van der Waals surface area (Å²) in [6.07, 6.45) is 0. The number of halogens is 1. The molecule has 1 aromatic carbocycles. The van der Waals surface area contributed by atoms with Crippen molar-refractivity contribution >= 4 is 34.0 Å². The number of benzene rings is 1. The van der Waals surface area contributed by atoms with Crippen LogP contribution in [0.4, 0.5) is 0 Å². The highest BCUT2D eigenvalue weighted by atomic mass is 127. The number of ketones is 1. The molecule has 0 saturated heterocycles. The topological polar surface area (TPSA) is 51.2 Å². The number of hydrogen-bond donors (Lipinski definition) is 0. The van der Waals surface area contributed by atoms with Crippen LogP contribution in [0.5, 0.6) is 0 Å². The van der Waals surface area contributed by atoms with Crippen LogP contribution in [0.2, 0.25) is 0 Å². The monoisotopic (exact) mass is 324 g/mol. The summed E-state index contributed by atoms with van der Waals surface area (Å²) < 4.78 is 22.4. The molecule has 1 rings (SSSR count). The molecule has 0 heterocycles. The van der Waals surface area contributed by atoms with E-state index >= 15 is 0 Å². The Kier molecular flexibility index (Phi) is 3.31. The van der Waals surface area contributed by atoms with Crippen LogP contribution in [0.25, 0.3) is 0 Å². The summed E-state index contributed by atoms with van der Waals surface area (Å²) in [5.41, 5.74) is 1.25. The van der Waals surface area contributed by atoms with Gasteiger partial charge in [-0.25, -0.2) is 8.42 Å². The molecule has 0 aliphatic heterocycles. The summed E-state index contributed by atoms with van der Waals surface area (Å²) in [5.74, 6) is -0.121. The second-order valence-electron chi connectivity index (χ2n) is 2.97. The van der Waals surface area contributed by atoms with Crippen molar-refractivity contribution in [2.45, 2.75) is 18.7 Å². The van der Waals surface area contributed by atoms with E-state index in [2.05, 4.69) is 0 Å². The maximum atomic E-state index is 11.2. The maximum Gasteiger partial charge on any atom is 0.231 e. The fourth-order valence-corrected chi connectivity index (χ4v) is 2.44. The fraction of sp³-hybridized carbons (Fsp3) is 0.222. The minimum atomic E-state index is -3.26. The molecule has 14 heavy (non-hydrogen) atoms. The first-order valence-electron chi connectivity index (χ1n) is 3.88. The molecule has 0 fully saturated rings. The standard InChI is InChI=1S/C9H9IO3S/c1-6-3-4-8(14(10,12)13)5-9(6)7(2)11/h3-5H,1-2H3. The van der Waals surface area contributed by atoms with E-state index in [1.54, 1.807) is 13.0 Å². The molecule has 0 spiro atoms. The van der Waals surface area contributed by atoms with E-state index in [1.807, 2.05) is 0 Å². The molecule has 76 valence electrons. The summed E-state index contributed by atoms with van der Waals surface area (Å²) in [6.45, 7) is 3.20. The lowest BCUT2D eigenvalue weighted by Gasteiger charge is -2.03. The van der Waals surface area contributed by atoms with Crippen molar-refractivity contribution in [3.8, 4) is 0 Å². The van der Waals surface area contributed by atoms with Gasteiger partial charge in [-0.3, -0.25) is 4.79 Å². The summed E-state index contributed by atoms with van der Waals surface area (Å²) in [4.78, 5) is 11.3. The van der Waals surface area contributed by atoms with Crippen LogP contribution in [-0.4, -0.2) is 14.2 Å². The number of Topliss-reactive ketones (excluding diaryl/α,β-unsaturated/α-hetero) is 1. The Morgan fingerprint density at radius 2 is 1.93 bits per heavy atom. The summed E-state index contributed by atoms with van der Waals surface area (Å²) in [5, 5.41) is 0. The molecule has 0 atom stereocenters. The maximum absolute atomic E-state index is 11.2. The molecular weight excluding hydrogens is 315 g/mol. The van der Waals surface area contributed by atoms with Crippen LogP contribution in [0.1, 0.15) is 22.8 Å². The van der Waals surface area contributed by atoms with Crippen molar-refractivity contribution in [3.05, 3.63) is 29.3 Å². The number of rotatable bonds is 2. The van der Waals surface area contributed by atoms with E-state index in [9.17, 15) is 13.2 Å². The van der Waals surface area contributed by atoms with Crippen LogP contribution in [0, 0.1) is 6.92 Å². The Bertz CT molecular complexity index is 477. The Morgan fingerprint density at radius 1 is 1.36 bits per heavy atom. The smallest absolute Gasteiger partial charge is 0.231 e. The van der Waals surface area contributed by atoms with Gasteiger partial charge in [0.25, 0.3) is 0 Å². The molecule has 0 bridgehead atoms. The van der Waals surface area contributed by atoms with Crippen LogP contribution < -0.4 is 0 Å². The van der Waals surface area contributed by atoms with Crippen LogP contribution in [-0.2, 0) is 7.01 Å². The third-order valence-corrected chi connectivity index (χ3v) is 4.21. The molecule has 0 radical (unpaired) electrons. The van der Waals surface area contributed by atoms with E-state index in [0.29, 0.717) is 5.56 Å². The number of carbonyl (C=O) groups is 1. The fourth-order valence-electron chi connectivity index (χ4n) is 1.13. The summed E-state index contributed by atoms with van der Waals surface area (Å²) >= 11 is 1.36. The second kappa shape index (κ2) is 3.98. The minimum absolute atomic E-state index is 0.121. The first kappa shape index (κ1) is 11.6. The normalized spacial score (nSPS) is 11.4. The molecule has 3 nitrogen and oxygen atoms in total. The lowest BCUT2D eigenvalue weighted by Crippen LogP contribution is -1.99. The number of hydrogen-bond acceptors (Lipinski definition) is 3. The highest BCUT2D eigenvalue weighted by Gasteiger charge is 2.12. The molecular formula is C9H9IO3S. The van der Waals surface area contributed by atoms with Crippen LogP contribution >= 0.6 is 21.2 Å². The van der Waals surface area contributed by atoms with Gasteiger partial charge in [-0.15, -0.1) is 0 Å². The Labute approximate surface area is 95.0 Å². The van der Waals surface area contributed by atoms with Crippen molar-refractivity contribution in [3.63, 3.8) is 0 Å². The van der Waals surface area contributed by atoms with Gasteiger partial charge in [0, 0.05) is 5.56 Å². The van der Waals surface area contributed by atoms with Crippen molar-refractivity contribution in [1.29, 1.82) is 0 Å². The van der Waals surface area contributed by atoms with Gasteiger partial charge in [0.15, 0.2) is 5.78 Å². The van der Waals surface area contributed by atoms with Crippen molar-refractivity contribution < 1.29 is 13.2 Å². The Morgan fingerprint density at radius 3 is 2.36 bits per heavy atom. The van der Waals surface area contributed by atoms with E-state index < -0.39 is 7.01 Å². The highest BCUT2D eigenvalue weighted by Crippen LogP contribution is 2.20. The lowest BCUT2D eigenvalue weighted by molar-refractivity contribution is 0.101. The van der Waals surface area contributed by atoms with E-state index in [0.717, 1.165) is 5.56 Å². The zero-order valence-corrected chi connectivity index (χ0v) is 10.7. The largest absolute Gasteiger partial charge is 0.295 e. The van der Waals surface area contributed by atoms with E-state index in [1.165, 1.54) is 40.3 Å². The molecule has 0 aliphatic carbocycles. The average molecular weight is 324 g/mol. The summed E-state index contributed by atoms with van der Waals surface area (Å²) in [7, 11) is -3.26. The molecule has 0 saturated carbocycles. The number of carbonyl (C=O) groups excluding carboxylic acids is 1. The molecule has 1 aromatic rings. The number of aryl methyl sites for hydroxylation is 1. The van der Waals surface area contributed by atoms with Crippen molar-refractivity contribution in [2.24, 2.45) is 0 Å². The van der Waals surface area contributed by atoms with Gasteiger partial charge < -0.3 is 0 Å². The Hall–Kier alpha value is -0.430. The first-order chi connectivity index (χ1) is 6.32. The zero-order chi connectivity index (χ0) is 10.9. The van der Waals surface area contributed by atoms with Crippen molar-refractivity contribution in [1.82, 2.24) is 0 Å². The van der Waals surface area contributed by atoms with Gasteiger partial charge in [0.2, 0.25) is 7.01 Å². The van der Waals surface area contributed by atoms with Gasteiger partial charge in [0.1, 0.15) is 0 Å². The van der Waals surface area contributed by atoms with Gasteiger partial charge in [0.05, 0.1) is 26.1 Å². The third-order valence-electron chi connectivity index (χ3n) is 1.87. The highest BCUT2D eigenvalue weighted by molar-refractivity contribution is 14.2. The second-order valence-corrected chi connectivity index (χ2v) is 7.80. The van der Waals surface area contributed by atoms with Gasteiger partial charge >= 0.3 is 0 Å². The SMILES string of the molecule is CC(=O)c1cc(S(=O)(=O)I)ccc1C. The van der Waals surface area contributed by atoms with Gasteiger partial charge in [-0.2, -0.15) is 0 Å². The first-order valence-corrected chi connectivity index (χ1v) is 7.91. The zero-order valence-electron chi connectivity index (χ0n) is 7.74. The molecule has 5 heteroatoms. The predicted octanol–water partition coefficient (Wildman–Crippen LogP) is 2.32. The quantitative estimate of drug-likeness (QED) is 0.477. The molecule has 0 amide bonds. The van der Waals surface area contributed by atoms with E-state index in [-0.39, 0.29) is 10.7 Å². The van der Waals surface area contributed by atoms with Gasteiger partial charge in [-0.05, 0) is 31.5 Å². The summed E-state index contributed by atoms with van der Waals surface area (Å²) in [6, 6.07) is 4.56. The molecule has 0 N–H and O–H groups in total. The van der Waals surface area contributed by atoms with Crippen LogP contribution in [0.15, 0.2) is 23.1 Å². The predicted molar refractivity (Wildman–Crippen MR) is 62.4 cm³/mol. The van der Waals surface area contributed by atoms with Crippen LogP contribution in [0.3, 0.4) is 0 Å². The molecule has 0 aliphatic rings. The average Bonchev–Trinajstić information content (AvgIpc) is 2.02. The van der Waals surface area contributed by atoms with E-state index in [4.69, 9.17) is 0 Å². The lowest BCUT2D eigenvalue weighted by atomic mass is 10.1. The molecule has 0 unspecified atom stereocenters. The third kappa shape index (κ3) is 2.54. The van der Waals surface area contributed by atoms with Crippen molar-refractivity contribution in [2.75, 3.05) is 0 Å².